The summed E-state index contributed by atoms with van der Waals surface area (Å²) in [7, 11) is 0. The molecule has 0 radical (unpaired) electrons. The minimum atomic E-state index is 0.156. The molecule has 0 spiro atoms. The van der Waals surface area contributed by atoms with Crippen LogP contribution in [0, 0.1) is 29.1 Å². The summed E-state index contributed by atoms with van der Waals surface area (Å²) in [5, 5.41) is 26.5. The SMILES string of the molecule is N#CCC1[C@H](CO)CC[C@@H]1CO. The number of rotatable bonds is 3. The normalized spacial score (nSPS) is 34.9. The zero-order valence-corrected chi connectivity index (χ0v) is 7.11. The number of aliphatic hydroxyl groups is 2. The van der Waals surface area contributed by atoms with Crippen LogP contribution in [0.2, 0.25) is 0 Å². The van der Waals surface area contributed by atoms with Crippen LogP contribution >= 0.6 is 0 Å². The molecule has 0 aromatic heterocycles. The van der Waals surface area contributed by atoms with E-state index in [2.05, 4.69) is 6.07 Å². The predicted octanol–water partition coefficient (Wildman–Crippen LogP) is 0.527. The van der Waals surface area contributed by atoms with Gasteiger partial charge in [-0.1, -0.05) is 0 Å². The molecule has 3 nitrogen and oxygen atoms in total. The van der Waals surface area contributed by atoms with Crippen molar-refractivity contribution < 1.29 is 10.2 Å². The van der Waals surface area contributed by atoms with Crippen LogP contribution in [0.25, 0.3) is 0 Å². The molecule has 1 saturated carbocycles. The fourth-order valence-corrected chi connectivity index (χ4v) is 2.13. The van der Waals surface area contributed by atoms with Gasteiger partial charge < -0.3 is 10.2 Å². The van der Waals surface area contributed by atoms with Crippen LogP contribution in [0.3, 0.4) is 0 Å². The molecule has 0 saturated heterocycles. The third-order valence-electron chi connectivity index (χ3n) is 2.92. The molecule has 12 heavy (non-hydrogen) atoms. The predicted molar refractivity (Wildman–Crippen MR) is 44.1 cm³/mol. The maximum Gasteiger partial charge on any atom is 0.0624 e. The van der Waals surface area contributed by atoms with Gasteiger partial charge in [-0.2, -0.15) is 5.26 Å². The van der Waals surface area contributed by atoms with E-state index in [1.807, 2.05) is 0 Å². The molecule has 0 bridgehead atoms. The van der Waals surface area contributed by atoms with Gasteiger partial charge in [0.05, 0.1) is 6.07 Å². The number of nitriles is 1. The molecule has 0 amide bonds. The summed E-state index contributed by atoms with van der Waals surface area (Å²) in [4.78, 5) is 0. The summed E-state index contributed by atoms with van der Waals surface area (Å²) in [5.74, 6) is 0.689. The minimum absolute atomic E-state index is 0.156. The molecule has 1 aliphatic rings. The molecule has 0 aliphatic heterocycles. The molecule has 1 fully saturated rings. The molecule has 1 aliphatic carbocycles. The van der Waals surface area contributed by atoms with E-state index >= 15 is 0 Å². The van der Waals surface area contributed by atoms with Crippen LogP contribution in [-0.4, -0.2) is 23.4 Å². The topological polar surface area (TPSA) is 64.2 Å². The van der Waals surface area contributed by atoms with Gasteiger partial charge in [-0.15, -0.1) is 0 Å². The first kappa shape index (κ1) is 9.50. The number of nitrogens with zero attached hydrogens (tertiary/aromatic N) is 1. The van der Waals surface area contributed by atoms with Gasteiger partial charge >= 0.3 is 0 Å². The van der Waals surface area contributed by atoms with E-state index in [4.69, 9.17) is 15.5 Å². The standard InChI is InChI=1S/C9H15NO2/c10-4-3-9-7(5-11)1-2-8(9)6-12/h7-9,11-12H,1-3,5-6H2/t7-,8+,9?. The lowest BCUT2D eigenvalue weighted by atomic mass is 9.88. The minimum Gasteiger partial charge on any atom is -0.396 e. The average molecular weight is 169 g/mol. The highest BCUT2D eigenvalue weighted by Crippen LogP contribution is 2.38. The van der Waals surface area contributed by atoms with Crippen LogP contribution in [0.5, 0.6) is 0 Å². The van der Waals surface area contributed by atoms with E-state index in [0.29, 0.717) is 6.42 Å². The zero-order chi connectivity index (χ0) is 8.97. The lowest BCUT2D eigenvalue weighted by molar-refractivity contribution is 0.146. The van der Waals surface area contributed by atoms with Crippen molar-refractivity contribution in [3.8, 4) is 6.07 Å². The molecule has 0 aromatic carbocycles. The van der Waals surface area contributed by atoms with E-state index in [-0.39, 0.29) is 31.0 Å². The van der Waals surface area contributed by atoms with Crippen LogP contribution in [0.1, 0.15) is 19.3 Å². The number of aliphatic hydroxyl groups excluding tert-OH is 2. The third kappa shape index (κ3) is 1.77. The first-order chi connectivity index (χ1) is 5.83. The van der Waals surface area contributed by atoms with E-state index < -0.39 is 0 Å². The van der Waals surface area contributed by atoms with Crippen molar-refractivity contribution in [3.05, 3.63) is 0 Å². The van der Waals surface area contributed by atoms with E-state index in [0.717, 1.165) is 12.8 Å². The largest absolute Gasteiger partial charge is 0.396 e. The highest BCUT2D eigenvalue weighted by molar-refractivity contribution is 4.89. The van der Waals surface area contributed by atoms with Crippen molar-refractivity contribution in [3.63, 3.8) is 0 Å². The van der Waals surface area contributed by atoms with Gasteiger partial charge in [0.2, 0.25) is 0 Å². The maximum absolute atomic E-state index is 8.99. The first-order valence-electron chi connectivity index (χ1n) is 4.42. The maximum atomic E-state index is 8.99. The molecule has 0 heterocycles. The van der Waals surface area contributed by atoms with Gasteiger partial charge in [0.25, 0.3) is 0 Å². The van der Waals surface area contributed by atoms with Gasteiger partial charge in [-0.3, -0.25) is 0 Å². The van der Waals surface area contributed by atoms with Gasteiger partial charge in [-0.05, 0) is 30.6 Å². The summed E-state index contributed by atoms with van der Waals surface area (Å²) in [6, 6.07) is 2.12. The Hall–Kier alpha value is -0.590. The number of hydrogen-bond acceptors (Lipinski definition) is 3. The lowest BCUT2D eigenvalue weighted by Crippen LogP contribution is -2.19. The second-order valence-electron chi connectivity index (χ2n) is 3.49. The Labute approximate surface area is 72.6 Å². The fraction of sp³-hybridized carbons (Fsp3) is 0.889. The highest BCUT2D eigenvalue weighted by Gasteiger charge is 2.34. The molecule has 0 aromatic rings. The van der Waals surface area contributed by atoms with Crippen LogP contribution in [0.15, 0.2) is 0 Å². The smallest absolute Gasteiger partial charge is 0.0624 e. The highest BCUT2D eigenvalue weighted by atomic mass is 16.3. The Bertz CT molecular complexity index is 164. The van der Waals surface area contributed by atoms with Crippen molar-refractivity contribution in [2.75, 3.05) is 13.2 Å². The summed E-state index contributed by atoms with van der Waals surface area (Å²) >= 11 is 0. The molecule has 1 rings (SSSR count). The molecular weight excluding hydrogens is 154 g/mol. The molecule has 2 N–H and O–H groups in total. The lowest BCUT2D eigenvalue weighted by Gasteiger charge is -2.18. The van der Waals surface area contributed by atoms with E-state index in [9.17, 15) is 0 Å². The quantitative estimate of drug-likeness (QED) is 0.647. The van der Waals surface area contributed by atoms with Crippen molar-refractivity contribution in [1.29, 1.82) is 5.26 Å². The van der Waals surface area contributed by atoms with E-state index in [1.165, 1.54) is 0 Å². The van der Waals surface area contributed by atoms with Crippen LogP contribution in [0.4, 0.5) is 0 Å². The Morgan fingerprint density at radius 2 is 1.67 bits per heavy atom. The third-order valence-corrected chi connectivity index (χ3v) is 2.92. The van der Waals surface area contributed by atoms with Gasteiger partial charge in [0.1, 0.15) is 0 Å². The number of hydrogen-bond donors (Lipinski definition) is 2. The van der Waals surface area contributed by atoms with E-state index in [1.54, 1.807) is 0 Å². The average Bonchev–Trinajstić information content (AvgIpc) is 2.48. The molecule has 3 atom stereocenters. The molecular formula is C9H15NO2. The summed E-state index contributed by atoms with van der Waals surface area (Å²) < 4.78 is 0. The van der Waals surface area contributed by atoms with Crippen LogP contribution in [-0.2, 0) is 0 Å². The van der Waals surface area contributed by atoms with Gasteiger partial charge in [0, 0.05) is 19.6 Å². The molecule has 1 unspecified atom stereocenters. The fourth-order valence-electron chi connectivity index (χ4n) is 2.13. The molecule has 68 valence electrons. The Morgan fingerprint density at radius 1 is 1.17 bits per heavy atom. The van der Waals surface area contributed by atoms with Crippen LogP contribution < -0.4 is 0 Å². The van der Waals surface area contributed by atoms with Crippen molar-refractivity contribution >= 4 is 0 Å². The molecule has 3 heteroatoms. The summed E-state index contributed by atoms with van der Waals surface area (Å²) in [6.45, 7) is 0.311. The van der Waals surface area contributed by atoms with Crippen molar-refractivity contribution in [1.82, 2.24) is 0 Å². The second kappa shape index (κ2) is 4.44. The summed E-state index contributed by atoms with van der Waals surface area (Å²) in [6.07, 6.45) is 2.37. The van der Waals surface area contributed by atoms with Crippen molar-refractivity contribution in [2.45, 2.75) is 19.3 Å². The summed E-state index contributed by atoms with van der Waals surface area (Å²) in [5.41, 5.74) is 0. The Morgan fingerprint density at radius 3 is 2.00 bits per heavy atom. The van der Waals surface area contributed by atoms with Gasteiger partial charge in [0.15, 0.2) is 0 Å². The van der Waals surface area contributed by atoms with Crippen molar-refractivity contribution in [2.24, 2.45) is 17.8 Å². The van der Waals surface area contributed by atoms with Gasteiger partial charge in [-0.25, -0.2) is 0 Å². The Kier molecular flexibility index (Phi) is 3.51. The monoisotopic (exact) mass is 169 g/mol. The Balaban J connectivity index is 2.54. The zero-order valence-electron chi connectivity index (χ0n) is 7.11. The second-order valence-corrected chi connectivity index (χ2v) is 3.49. The first-order valence-corrected chi connectivity index (χ1v) is 4.42.